The van der Waals surface area contributed by atoms with Crippen LogP contribution in [0.3, 0.4) is 0 Å². The molecule has 3 rings (SSSR count). The van der Waals surface area contributed by atoms with Crippen LogP contribution in [0.1, 0.15) is 40.4 Å². The van der Waals surface area contributed by atoms with Gasteiger partial charge in [-0.15, -0.1) is 11.3 Å². The van der Waals surface area contributed by atoms with Gasteiger partial charge in [0.05, 0.1) is 4.90 Å². The average Bonchev–Trinajstić information content (AvgIpc) is 3.04. The highest BCUT2D eigenvalue weighted by molar-refractivity contribution is 7.89. The van der Waals surface area contributed by atoms with E-state index in [1.54, 1.807) is 0 Å². The Labute approximate surface area is 167 Å². The number of aryl methyl sites for hydroxylation is 1. The number of thiophene rings is 1. The van der Waals surface area contributed by atoms with Gasteiger partial charge in [0.1, 0.15) is 4.88 Å². The maximum Gasteiger partial charge on any atom is 0.349 e. The largest absolute Gasteiger partial charge is 0.448 e. The molecule has 1 aliphatic rings. The van der Waals surface area contributed by atoms with Gasteiger partial charge in [-0.2, -0.15) is 0 Å². The lowest BCUT2D eigenvalue weighted by Gasteiger charge is -2.16. The molecule has 1 aromatic heterocycles. The quantitative estimate of drug-likeness (QED) is 0.719. The minimum atomic E-state index is -3.80. The number of hydrogen-bond acceptors (Lipinski definition) is 6. The lowest BCUT2D eigenvalue weighted by molar-refractivity contribution is -0.123. The highest BCUT2D eigenvalue weighted by atomic mass is 32.2. The van der Waals surface area contributed by atoms with Gasteiger partial charge in [0.15, 0.2) is 6.10 Å². The van der Waals surface area contributed by atoms with E-state index in [9.17, 15) is 18.0 Å². The molecule has 2 aromatic rings. The number of carbonyl (C=O) groups is 2. The van der Waals surface area contributed by atoms with Crippen LogP contribution in [0.5, 0.6) is 0 Å². The third kappa shape index (κ3) is 4.78. The van der Waals surface area contributed by atoms with E-state index < -0.39 is 28.0 Å². The molecule has 0 spiro atoms. The smallest absolute Gasteiger partial charge is 0.349 e. The van der Waals surface area contributed by atoms with E-state index in [4.69, 9.17) is 9.88 Å². The van der Waals surface area contributed by atoms with E-state index in [0.717, 1.165) is 19.3 Å². The lowest BCUT2D eigenvalue weighted by Crippen LogP contribution is -2.29. The number of amides is 1. The zero-order chi connectivity index (χ0) is 20.5. The second-order valence-corrected chi connectivity index (χ2v) is 9.71. The number of anilines is 1. The molecular weight excluding hydrogens is 400 g/mol. The van der Waals surface area contributed by atoms with Crippen molar-refractivity contribution >= 4 is 38.9 Å². The minimum Gasteiger partial charge on any atom is -0.448 e. The van der Waals surface area contributed by atoms with Gasteiger partial charge in [-0.1, -0.05) is 6.92 Å². The number of sulfonamides is 1. The van der Waals surface area contributed by atoms with Gasteiger partial charge in [-0.05, 0) is 68.0 Å². The van der Waals surface area contributed by atoms with Crippen molar-refractivity contribution in [2.24, 2.45) is 11.1 Å². The van der Waals surface area contributed by atoms with Gasteiger partial charge in [0.25, 0.3) is 5.91 Å². The van der Waals surface area contributed by atoms with Crippen molar-refractivity contribution in [3.05, 3.63) is 45.6 Å². The number of nitrogens with one attached hydrogen (secondary N) is 1. The third-order valence-corrected chi connectivity index (χ3v) is 6.78. The molecule has 0 saturated heterocycles. The van der Waals surface area contributed by atoms with Gasteiger partial charge in [-0.25, -0.2) is 18.4 Å². The Kier molecular flexibility index (Phi) is 5.87. The molecule has 2 unspecified atom stereocenters. The fourth-order valence-electron chi connectivity index (χ4n) is 3.05. The molecule has 2 atom stereocenters. The van der Waals surface area contributed by atoms with Crippen LogP contribution >= 0.6 is 11.3 Å². The first-order chi connectivity index (χ1) is 13.1. The van der Waals surface area contributed by atoms with Gasteiger partial charge in [0.2, 0.25) is 10.0 Å². The van der Waals surface area contributed by atoms with Gasteiger partial charge < -0.3 is 10.1 Å². The normalized spacial score (nSPS) is 17.5. The van der Waals surface area contributed by atoms with E-state index >= 15 is 0 Å². The van der Waals surface area contributed by atoms with Crippen molar-refractivity contribution in [3.63, 3.8) is 0 Å². The standard InChI is InChI=1S/C19H22N2O5S2/c1-11-3-8-16-13(9-11)10-17(27-16)19(23)26-12(2)18(22)21-14-4-6-15(7-5-14)28(20,24)25/h4-7,10-12H,3,8-9H2,1-2H3,(H,21,22)(H2,20,24,25). The summed E-state index contributed by atoms with van der Waals surface area (Å²) in [7, 11) is -3.80. The Bertz CT molecular complexity index is 996. The highest BCUT2D eigenvalue weighted by Crippen LogP contribution is 2.32. The van der Waals surface area contributed by atoms with Crippen molar-refractivity contribution < 1.29 is 22.7 Å². The molecular formula is C19H22N2O5S2. The van der Waals surface area contributed by atoms with Crippen LogP contribution in [0.25, 0.3) is 0 Å². The van der Waals surface area contributed by atoms with Gasteiger partial charge in [-0.3, -0.25) is 4.79 Å². The summed E-state index contributed by atoms with van der Waals surface area (Å²) in [5.74, 6) is -0.415. The van der Waals surface area contributed by atoms with Gasteiger partial charge in [0, 0.05) is 10.6 Å². The van der Waals surface area contributed by atoms with E-state index in [2.05, 4.69) is 12.2 Å². The second-order valence-electron chi connectivity index (χ2n) is 7.01. The first-order valence-corrected chi connectivity index (χ1v) is 11.3. The molecule has 7 nitrogen and oxygen atoms in total. The maximum atomic E-state index is 12.4. The van der Waals surface area contributed by atoms with Gasteiger partial charge >= 0.3 is 5.97 Å². The third-order valence-electron chi connectivity index (χ3n) is 4.63. The second kappa shape index (κ2) is 8.02. The molecule has 1 aromatic carbocycles. The Hall–Kier alpha value is -2.23. The SMILES string of the molecule is CC1CCc2sc(C(=O)OC(C)C(=O)Nc3ccc(S(N)(=O)=O)cc3)cc2C1. The van der Waals surface area contributed by atoms with Crippen LogP contribution in [0.2, 0.25) is 0 Å². The van der Waals surface area contributed by atoms with Crippen molar-refractivity contribution in [2.45, 2.75) is 44.1 Å². The number of primary sulfonamides is 1. The van der Waals surface area contributed by atoms with Crippen LogP contribution in [-0.4, -0.2) is 26.4 Å². The number of ether oxygens (including phenoxy) is 1. The topological polar surface area (TPSA) is 116 Å². The van der Waals surface area contributed by atoms with Crippen LogP contribution in [0, 0.1) is 5.92 Å². The summed E-state index contributed by atoms with van der Waals surface area (Å²) in [6.45, 7) is 3.68. The fourth-order valence-corrected chi connectivity index (χ4v) is 4.66. The summed E-state index contributed by atoms with van der Waals surface area (Å²) in [4.78, 5) is 26.3. The number of hydrogen-bond donors (Lipinski definition) is 2. The number of carbonyl (C=O) groups excluding carboxylic acids is 2. The Morgan fingerprint density at radius 2 is 1.96 bits per heavy atom. The van der Waals surface area contributed by atoms with Crippen molar-refractivity contribution in [2.75, 3.05) is 5.32 Å². The first-order valence-electron chi connectivity index (χ1n) is 8.90. The molecule has 1 amide bonds. The summed E-state index contributed by atoms with van der Waals surface area (Å²) in [5, 5.41) is 7.62. The number of rotatable bonds is 5. The summed E-state index contributed by atoms with van der Waals surface area (Å²) in [5.41, 5.74) is 1.57. The molecule has 150 valence electrons. The van der Waals surface area contributed by atoms with Crippen LogP contribution < -0.4 is 10.5 Å². The zero-order valence-corrected chi connectivity index (χ0v) is 17.2. The average molecular weight is 423 g/mol. The number of fused-ring (bicyclic) bond motifs is 1. The molecule has 0 bridgehead atoms. The minimum absolute atomic E-state index is 0.0547. The molecule has 9 heteroatoms. The summed E-state index contributed by atoms with van der Waals surface area (Å²) < 4.78 is 27.8. The van der Waals surface area contributed by atoms with Crippen molar-refractivity contribution in [1.29, 1.82) is 0 Å². The molecule has 0 aliphatic heterocycles. The highest BCUT2D eigenvalue weighted by Gasteiger charge is 2.24. The maximum absolute atomic E-state index is 12.4. The van der Waals surface area contributed by atoms with Crippen LogP contribution in [-0.2, 0) is 32.4 Å². The molecule has 1 aliphatic carbocycles. The fraction of sp³-hybridized carbons (Fsp3) is 0.368. The summed E-state index contributed by atoms with van der Waals surface area (Å²) in [6.07, 6.45) is 2.05. The number of benzene rings is 1. The summed E-state index contributed by atoms with van der Waals surface area (Å²) >= 11 is 1.43. The van der Waals surface area contributed by atoms with Crippen molar-refractivity contribution in [1.82, 2.24) is 0 Å². The van der Waals surface area contributed by atoms with Crippen LogP contribution in [0.4, 0.5) is 5.69 Å². The molecule has 1 heterocycles. The first kappa shape index (κ1) is 20.5. The molecule has 28 heavy (non-hydrogen) atoms. The zero-order valence-electron chi connectivity index (χ0n) is 15.6. The van der Waals surface area contributed by atoms with E-state index in [-0.39, 0.29) is 4.90 Å². The van der Waals surface area contributed by atoms with Crippen LogP contribution in [0.15, 0.2) is 35.2 Å². The lowest BCUT2D eigenvalue weighted by atomic mass is 9.90. The molecule has 0 radical (unpaired) electrons. The Balaban J connectivity index is 1.60. The molecule has 0 saturated carbocycles. The number of nitrogens with two attached hydrogens (primary N) is 1. The molecule has 3 N–H and O–H groups in total. The number of esters is 1. The Morgan fingerprint density at radius 3 is 2.61 bits per heavy atom. The predicted octanol–water partition coefficient (Wildman–Crippen LogP) is 2.70. The van der Waals surface area contributed by atoms with Crippen molar-refractivity contribution in [3.8, 4) is 0 Å². The Morgan fingerprint density at radius 1 is 1.29 bits per heavy atom. The van der Waals surface area contributed by atoms with E-state index in [1.165, 1.54) is 53.0 Å². The molecule has 0 fully saturated rings. The summed E-state index contributed by atoms with van der Waals surface area (Å²) in [6, 6.07) is 7.29. The monoisotopic (exact) mass is 422 g/mol. The predicted molar refractivity (Wildman–Crippen MR) is 107 cm³/mol. The van der Waals surface area contributed by atoms with E-state index in [1.807, 2.05) is 6.07 Å². The van der Waals surface area contributed by atoms with E-state index in [0.29, 0.717) is 16.5 Å².